The molecule has 0 radical (unpaired) electrons. The van der Waals surface area contributed by atoms with E-state index in [1.807, 2.05) is 6.92 Å². The fourth-order valence-electron chi connectivity index (χ4n) is 0.835. The van der Waals surface area contributed by atoms with Gasteiger partial charge in [-0.2, -0.15) is 4.80 Å². The van der Waals surface area contributed by atoms with E-state index in [1.54, 1.807) is 7.05 Å². The van der Waals surface area contributed by atoms with E-state index < -0.39 is 6.10 Å². The van der Waals surface area contributed by atoms with Gasteiger partial charge in [0, 0.05) is 0 Å². The number of rotatable bonds is 3. The van der Waals surface area contributed by atoms with Crippen LogP contribution in [-0.4, -0.2) is 25.3 Å². The summed E-state index contributed by atoms with van der Waals surface area (Å²) in [6.07, 6.45) is 1.04. The highest BCUT2D eigenvalue weighted by molar-refractivity contribution is 4.82. The molecule has 0 spiro atoms. The highest BCUT2D eigenvalue weighted by atomic mass is 16.3. The zero-order chi connectivity index (χ0) is 8.27. The Morgan fingerprint density at radius 2 is 2.36 bits per heavy atom. The second kappa shape index (κ2) is 3.43. The van der Waals surface area contributed by atoms with Crippen LogP contribution in [0.2, 0.25) is 0 Å². The van der Waals surface area contributed by atoms with Crippen LogP contribution in [-0.2, 0) is 7.05 Å². The minimum atomic E-state index is -0.561. The fourth-order valence-corrected chi connectivity index (χ4v) is 0.835. The number of aromatic nitrogens is 4. The van der Waals surface area contributed by atoms with Gasteiger partial charge in [0.1, 0.15) is 6.10 Å². The molecule has 1 N–H and O–H groups in total. The van der Waals surface area contributed by atoms with Crippen LogP contribution in [0.25, 0.3) is 0 Å². The molecule has 62 valence electrons. The van der Waals surface area contributed by atoms with Gasteiger partial charge in [-0.05, 0) is 11.6 Å². The van der Waals surface area contributed by atoms with Gasteiger partial charge in [-0.15, -0.1) is 10.2 Å². The van der Waals surface area contributed by atoms with Crippen LogP contribution in [0.15, 0.2) is 0 Å². The van der Waals surface area contributed by atoms with Crippen molar-refractivity contribution in [2.45, 2.75) is 25.9 Å². The molecule has 11 heavy (non-hydrogen) atoms. The first-order valence-corrected chi connectivity index (χ1v) is 3.66. The third-order valence-corrected chi connectivity index (χ3v) is 1.38. The van der Waals surface area contributed by atoms with Gasteiger partial charge in [-0.1, -0.05) is 13.3 Å². The molecule has 0 aromatic carbocycles. The van der Waals surface area contributed by atoms with E-state index in [0.29, 0.717) is 12.2 Å². The van der Waals surface area contributed by atoms with E-state index in [0.717, 1.165) is 6.42 Å². The molecule has 5 heteroatoms. The maximum absolute atomic E-state index is 9.36. The molecule has 0 saturated carbocycles. The first kappa shape index (κ1) is 8.13. The number of tetrazole rings is 1. The van der Waals surface area contributed by atoms with E-state index in [4.69, 9.17) is 0 Å². The second-order valence-electron chi connectivity index (χ2n) is 2.44. The van der Waals surface area contributed by atoms with E-state index in [9.17, 15) is 5.11 Å². The topological polar surface area (TPSA) is 63.8 Å². The Balaban J connectivity index is 2.60. The van der Waals surface area contributed by atoms with E-state index in [-0.39, 0.29) is 0 Å². The molecule has 0 bridgehead atoms. The Kier molecular flexibility index (Phi) is 2.53. The van der Waals surface area contributed by atoms with Crippen molar-refractivity contribution in [1.29, 1.82) is 0 Å². The summed E-state index contributed by atoms with van der Waals surface area (Å²) in [5, 5.41) is 20.5. The highest BCUT2D eigenvalue weighted by Gasteiger charge is 2.10. The van der Waals surface area contributed by atoms with Crippen LogP contribution in [0.3, 0.4) is 0 Å². The fraction of sp³-hybridized carbons (Fsp3) is 0.833. The molecule has 1 atom stereocenters. The first-order valence-electron chi connectivity index (χ1n) is 3.66. The van der Waals surface area contributed by atoms with Crippen LogP contribution in [0.4, 0.5) is 0 Å². The Bertz CT molecular complexity index is 222. The summed E-state index contributed by atoms with van der Waals surface area (Å²) in [5.41, 5.74) is 0. The normalized spacial score (nSPS) is 13.4. The summed E-state index contributed by atoms with van der Waals surface area (Å²) >= 11 is 0. The number of hydrogen-bond acceptors (Lipinski definition) is 4. The van der Waals surface area contributed by atoms with Crippen LogP contribution < -0.4 is 0 Å². The molecule has 0 amide bonds. The molecule has 0 aliphatic rings. The predicted molar refractivity (Wildman–Crippen MR) is 38.7 cm³/mol. The molecule has 0 aliphatic carbocycles. The number of aryl methyl sites for hydroxylation is 1. The van der Waals surface area contributed by atoms with Gasteiger partial charge < -0.3 is 5.11 Å². The first-order chi connectivity index (χ1) is 5.24. The standard InChI is InChI=1S/C6H12N4O/c1-3-4-5(11)6-7-9-10(2)8-6/h5,11H,3-4H2,1-2H3. The minimum Gasteiger partial charge on any atom is -0.385 e. The number of aliphatic hydroxyl groups excluding tert-OH is 1. The van der Waals surface area contributed by atoms with Gasteiger partial charge in [0.15, 0.2) is 0 Å². The minimum absolute atomic E-state index is 0.411. The SMILES string of the molecule is CCCC(O)c1nnn(C)n1. The maximum atomic E-state index is 9.36. The van der Waals surface area contributed by atoms with Crippen molar-refractivity contribution in [3.63, 3.8) is 0 Å². The molecular formula is C6H12N4O. The van der Waals surface area contributed by atoms with E-state index >= 15 is 0 Å². The van der Waals surface area contributed by atoms with E-state index in [2.05, 4.69) is 15.4 Å². The molecule has 0 aliphatic heterocycles. The highest BCUT2D eigenvalue weighted by Crippen LogP contribution is 2.11. The maximum Gasteiger partial charge on any atom is 0.203 e. The van der Waals surface area contributed by atoms with Crippen molar-refractivity contribution in [3.05, 3.63) is 5.82 Å². The quantitative estimate of drug-likeness (QED) is 0.671. The molecule has 5 nitrogen and oxygen atoms in total. The smallest absolute Gasteiger partial charge is 0.203 e. The van der Waals surface area contributed by atoms with Gasteiger partial charge in [0.2, 0.25) is 5.82 Å². The average Bonchev–Trinajstić information content (AvgIpc) is 2.36. The molecule has 1 aromatic heterocycles. The molecule has 1 aromatic rings. The Morgan fingerprint density at radius 3 is 2.82 bits per heavy atom. The van der Waals surface area contributed by atoms with Crippen LogP contribution in [0.5, 0.6) is 0 Å². The Morgan fingerprint density at radius 1 is 1.64 bits per heavy atom. The van der Waals surface area contributed by atoms with Gasteiger partial charge >= 0.3 is 0 Å². The van der Waals surface area contributed by atoms with Gasteiger partial charge in [-0.25, -0.2) is 0 Å². The number of nitrogens with zero attached hydrogens (tertiary/aromatic N) is 4. The Labute approximate surface area is 65.0 Å². The van der Waals surface area contributed by atoms with Crippen LogP contribution in [0, 0.1) is 0 Å². The van der Waals surface area contributed by atoms with Crippen LogP contribution >= 0.6 is 0 Å². The summed E-state index contributed by atoms with van der Waals surface area (Å²) in [4.78, 5) is 1.34. The average molecular weight is 156 g/mol. The molecule has 0 fully saturated rings. The molecular weight excluding hydrogens is 144 g/mol. The molecule has 0 saturated heterocycles. The second-order valence-corrected chi connectivity index (χ2v) is 2.44. The molecule has 1 rings (SSSR count). The monoisotopic (exact) mass is 156 g/mol. The number of hydrogen-bond donors (Lipinski definition) is 1. The summed E-state index contributed by atoms with van der Waals surface area (Å²) in [7, 11) is 1.68. The lowest BCUT2D eigenvalue weighted by Gasteiger charge is -2.00. The third kappa shape index (κ3) is 1.98. The summed E-state index contributed by atoms with van der Waals surface area (Å²) in [6.45, 7) is 2.00. The van der Waals surface area contributed by atoms with Crippen molar-refractivity contribution in [2.75, 3.05) is 0 Å². The summed E-state index contributed by atoms with van der Waals surface area (Å²) in [5.74, 6) is 0.411. The zero-order valence-electron chi connectivity index (χ0n) is 6.73. The molecule has 1 unspecified atom stereocenters. The summed E-state index contributed by atoms with van der Waals surface area (Å²) < 4.78 is 0. The molecule has 1 heterocycles. The lowest BCUT2D eigenvalue weighted by Crippen LogP contribution is -2.00. The summed E-state index contributed by atoms with van der Waals surface area (Å²) in [6, 6.07) is 0. The third-order valence-electron chi connectivity index (χ3n) is 1.38. The lowest BCUT2D eigenvalue weighted by molar-refractivity contribution is 0.156. The van der Waals surface area contributed by atoms with Gasteiger partial charge in [-0.3, -0.25) is 0 Å². The van der Waals surface area contributed by atoms with Gasteiger partial charge in [0.05, 0.1) is 7.05 Å². The van der Waals surface area contributed by atoms with E-state index in [1.165, 1.54) is 4.80 Å². The van der Waals surface area contributed by atoms with Crippen LogP contribution in [0.1, 0.15) is 31.7 Å². The number of aliphatic hydroxyl groups is 1. The predicted octanol–water partition coefficient (Wildman–Crippen LogP) is 0.0436. The largest absolute Gasteiger partial charge is 0.385 e. The van der Waals surface area contributed by atoms with Crippen molar-refractivity contribution < 1.29 is 5.11 Å². The lowest BCUT2D eigenvalue weighted by atomic mass is 10.2. The van der Waals surface area contributed by atoms with Crippen molar-refractivity contribution >= 4 is 0 Å². The van der Waals surface area contributed by atoms with Crippen molar-refractivity contribution in [1.82, 2.24) is 20.2 Å². The van der Waals surface area contributed by atoms with Crippen molar-refractivity contribution in [3.8, 4) is 0 Å². The zero-order valence-corrected chi connectivity index (χ0v) is 6.73. The van der Waals surface area contributed by atoms with Gasteiger partial charge in [0.25, 0.3) is 0 Å². The van der Waals surface area contributed by atoms with Crippen molar-refractivity contribution in [2.24, 2.45) is 7.05 Å². The Hall–Kier alpha value is -0.970.